The van der Waals surface area contributed by atoms with Gasteiger partial charge in [0.15, 0.2) is 0 Å². The smallest absolute Gasteiger partial charge is 0.412 e. The van der Waals surface area contributed by atoms with Gasteiger partial charge in [-0.25, -0.2) is 4.79 Å². The number of amides is 1. The molecule has 1 saturated heterocycles. The lowest BCUT2D eigenvalue weighted by Gasteiger charge is -2.37. The van der Waals surface area contributed by atoms with E-state index in [0.717, 1.165) is 12.8 Å². The van der Waals surface area contributed by atoms with E-state index in [9.17, 15) is 14.7 Å². The van der Waals surface area contributed by atoms with Crippen molar-refractivity contribution in [3.63, 3.8) is 0 Å². The van der Waals surface area contributed by atoms with E-state index in [-0.39, 0.29) is 6.42 Å². The fraction of sp³-hybridized carbons (Fsp3) is 0.833. The molecule has 0 bridgehead atoms. The molecule has 0 aromatic rings. The highest BCUT2D eigenvalue weighted by molar-refractivity contribution is 5.73. The molecule has 1 N–H and O–H groups in total. The first-order valence-electron chi connectivity index (χ1n) is 11.5. The van der Waals surface area contributed by atoms with Crippen molar-refractivity contribution in [2.24, 2.45) is 11.8 Å². The van der Waals surface area contributed by atoms with Crippen molar-refractivity contribution in [2.45, 2.75) is 109 Å². The van der Waals surface area contributed by atoms with E-state index in [1.807, 2.05) is 20.8 Å². The van der Waals surface area contributed by atoms with Gasteiger partial charge in [-0.1, -0.05) is 38.2 Å². The summed E-state index contributed by atoms with van der Waals surface area (Å²) in [5, 5.41) is 11.3. The van der Waals surface area contributed by atoms with Gasteiger partial charge in [0.2, 0.25) is 0 Å². The normalized spacial score (nSPS) is 26.2. The summed E-state index contributed by atoms with van der Waals surface area (Å²) in [5.41, 5.74) is -1.64. The molecule has 1 amide bonds. The van der Waals surface area contributed by atoms with Crippen LogP contribution in [0.1, 0.15) is 79.6 Å². The van der Waals surface area contributed by atoms with Crippen molar-refractivity contribution in [3.05, 3.63) is 12.7 Å². The van der Waals surface area contributed by atoms with Crippen LogP contribution in [-0.4, -0.2) is 58.8 Å². The number of nitrogens with zero attached hydrogens (tertiary/aromatic N) is 1. The minimum Gasteiger partial charge on any atom is -0.469 e. The van der Waals surface area contributed by atoms with E-state index in [1.165, 1.54) is 26.4 Å². The van der Waals surface area contributed by atoms with E-state index in [2.05, 4.69) is 6.58 Å². The second-order valence-corrected chi connectivity index (χ2v) is 10.3. The largest absolute Gasteiger partial charge is 0.469 e. The summed E-state index contributed by atoms with van der Waals surface area (Å²) >= 11 is 0. The van der Waals surface area contributed by atoms with Crippen molar-refractivity contribution >= 4 is 12.1 Å². The highest BCUT2D eigenvalue weighted by Gasteiger charge is 2.55. The predicted molar refractivity (Wildman–Crippen MR) is 118 cm³/mol. The summed E-state index contributed by atoms with van der Waals surface area (Å²) in [6.07, 6.45) is 5.98. The molecule has 0 aromatic heterocycles. The van der Waals surface area contributed by atoms with E-state index in [4.69, 9.17) is 14.2 Å². The number of rotatable bonds is 7. The molecular formula is C24H41NO6. The number of hydrogen-bond donors (Lipinski definition) is 1. The number of aliphatic hydroxyl groups excluding tert-OH is 1. The number of carbonyl (C=O) groups excluding carboxylic acids is 2. The van der Waals surface area contributed by atoms with Crippen LogP contribution in [0.4, 0.5) is 4.79 Å². The van der Waals surface area contributed by atoms with Gasteiger partial charge in [0.05, 0.1) is 25.2 Å². The third-order valence-electron chi connectivity index (χ3n) is 6.28. The summed E-state index contributed by atoms with van der Waals surface area (Å²) < 4.78 is 16.9. The number of aliphatic hydroxyl groups is 1. The summed E-state index contributed by atoms with van der Waals surface area (Å²) in [7, 11) is 1.30. The van der Waals surface area contributed by atoms with Crippen LogP contribution >= 0.6 is 0 Å². The molecule has 31 heavy (non-hydrogen) atoms. The third-order valence-corrected chi connectivity index (χ3v) is 6.28. The molecule has 0 spiro atoms. The van der Waals surface area contributed by atoms with Crippen molar-refractivity contribution in [1.82, 2.24) is 4.90 Å². The molecule has 0 aromatic carbocycles. The van der Waals surface area contributed by atoms with Gasteiger partial charge in [-0.15, -0.1) is 6.58 Å². The lowest BCUT2D eigenvalue weighted by Crippen LogP contribution is -2.52. The van der Waals surface area contributed by atoms with Gasteiger partial charge in [-0.05, 0) is 53.4 Å². The van der Waals surface area contributed by atoms with E-state index in [0.29, 0.717) is 12.3 Å². The molecule has 4 atom stereocenters. The third kappa shape index (κ3) is 6.45. The molecule has 2 unspecified atom stereocenters. The van der Waals surface area contributed by atoms with Gasteiger partial charge in [0, 0.05) is 0 Å². The molecule has 1 aliphatic carbocycles. The molecule has 7 heteroatoms. The van der Waals surface area contributed by atoms with Crippen molar-refractivity contribution in [2.75, 3.05) is 7.11 Å². The maximum absolute atomic E-state index is 13.2. The quantitative estimate of drug-likeness (QED) is 0.467. The summed E-state index contributed by atoms with van der Waals surface area (Å²) in [5.74, 6) is -0.886. The van der Waals surface area contributed by atoms with E-state index < -0.39 is 47.6 Å². The van der Waals surface area contributed by atoms with Crippen LogP contribution in [0.3, 0.4) is 0 Å². The highest BCUT2D eigenvalue weighted by Crippen LogP contribution is 2.41. The molecule has 2 aliphatic rings. The van der Waals surface area contributed by atoms with Gasteiger partial charge in [0.1, 0.15) is 17.4 Å². The van der Waals surface area contributed by atoms with E-state index >= 15 is 0 Å². The Morgan fingerprint density at radius 2 is 1.87 bits per heavy atom. The van der Waals surface area contributed by atoms with Crippen molar-refractivity contribution in [3.8, 4) is 0 Å². The number of hydrogen-bond acceptors (Lipinski definition) is 6. The summed E-state index contributed by atoms with van der Waals surface area (Å²) in [6.45, 7) is 12.8. The fourth-order valence-corrected chi connectivity index (χ4v) is 4.92. The lowest BCUT2D eigenvalue weighted by atomic mass is 9.81. The first-order valence-corrected chi connectivity index (χ1v) is 11.5. The molecule has 0 radical (unpaired) electrons. The van der Waals surface area contributed by atoms with Crippen LogP contribution < -0.4 is 0 Å². The summed E-state index contributed by atoms with van der Waals surface area (Å²) in [4.78, 5) is 27.2. The van der Waals surface area contributed by atoms with Crippen LogP contribution in [0.25, 0.3) is 0 Å². The second kappa shape index (κ2) is 10.3. The Morgan fingerprint density at radius 1 is 1.26 bits per heavy atom. The van der Waals surface area contributed by atoms with Gasteiger partial charge in [0.25, 0.3) is 0 Å². The van der Waals surface area contributed by atoms with Gasteiger partial charge in [-0.3, -0.25) is 9.69 Å². The molecule has 178 valence electrons. The Morgan fingerprint density at radius 3 is 2.39 bits per heavy atom. The monoisotopic (exact) mass is 439 g/mol. The number of carbonyl (C=O) groups is 2. The Bertz CT molecular complexity index is 634. The van der Waals surface area contributed by atoms with Crippen LogP contribution in [0, 0.1) is 11.8 Å². The molecule has 1 heterocycles. The first-order chi connectivity index (χ1) is 14.4. The standard InChI is InChI=1S/C24H41NO6/c1-8-12-17(21(27)29-7)19(26)20-18(15-16-13-10-9-11-14-16)25(24(5,6)30-20)22(28)31-23(2,3)4/h8,16-20,26H,1,9-15H2,2-7H3/t17?,18-,19?,20-/m1/s1. The predicted octanol–water partition coefficient (Wildman–Crippen LogP) is 4.42. The number of allylic oxidation sites excluding steroid dienone is 1. The Kier molecular flexibility index (Phi) is 8.56. The maximum atomic E-state index is 13.2. The Labute approximate surface area is 187 Å². The zero-order valence-corrected chi connectivity index (χ0v) is 20.1. The lowest BCUT2D eigenvalue weighted by molar-refractivity contribution is -0.157. The van der Waals surface area contributed by atoms with E-state index in [1.54, 1.807) is 24.8 Å². The number of methoxy groups -OCH3 is 1. The van der Waals surface area contributed by atoms with Crippen LogP contribution in [0.5, 0.6) is 0 Å². The topological polar surface area (TPSA) is 85.3 Å². The summed E-state index contributed by atoms with van der Waals surface area (Å²) in [6, 6.07) is -0.403. The molecule has 7 nitrogen and oxygen atoms in total. The highest BCUT2D eigenvalue weighted by atomic mass is 16.6. The Hall–Kier alpha value is -1.60. The molecule has 2 rings (SSSR count). The van der Waals surface area contributed by atoms with Crippen LogP contribution in [0.2, 0.25) is 0 Å². The second-order valence-electron chi connectivity index (χ2n) is 10.3. The average Bonchev–Trinajstić information content (AvgIpc) is 2.94. The molecule has 1 aliphatic heterocycles. The van der Waals surface area contributed by atoms with Crippen LogP contribution in [-0.2, 0) is 19.0 Å². The van der Waals surface area contributed by atoms with Crippen molar-refractivity contribution in [1.29, 1.82) is 0 Å². The first kappa shape index (κ1) is 25.7. The van der Waals surface area contributed by atoms with Crippen molar-refractivity contribution < 1.29 is 28.9 Å². The Balaban J connectivity index is 2.38. The minimum absolute atomic E-state index is 0.261. The van der Waals surface area contributed by atoms with Gasteiger partial charge < -0.3 is 19.3 Å². The minimum atomic E-state index is -1.13. The van der Waals surface area contributed by atoms with Gasteiger partial charge in [-0.2, -0.15) is 0 Å². The number of ether oxygens (including phenoxy) is 3. The van der Waals surface area contributed by atoms with Gasteiger partial charge >= 0.3 is 12.1 Å². The average molecular weight is 440 g/mol. The number of esters is 1. The zero-order chi connectivity index (χ0) is 23.4. The zero-order valence-electron chi connectivity index (χ0n) is 20.1. The maximum Gasteiger partial charge on any atom is 0.412 e. The van der Waals surface area contributed by atoms with Crippen LogP contribution in [0.15, 0.2) is 12.7 Å². The molecule has 1 saturated carbocycles. The SMILES string of the molecule is C=CCC(C(=O)OC)C(O)[C@@H]1OC(C)(C)N(C(=O)OC(C)(C)C)[C@@H]1CC1CCCCC1. The fourth-order valence-electron chi connectivity index (χ4n) is 4.92. The molecule has 2 fully saturated rings. The molecular weight excluding hydrogens is 398 g/mol.